The first-order valence-corrected chi connectivity index (χ1v) is 7.34. The number of rotatable bonds is 3. The molecule has 9 heteroatoms. The molecule has 3 aromatic rings. The molecule has 0 spiro atoms. The number of esters is 1. The van der Waals surface area contributed by atoms with Crippen LogP contribution >= 0.6 is 23.2 Å². The third-order valence-corrected chi connectivity index (χ3v) is 3.52. The van der Waals surface area contributed by atoms with Gasteiger partial charge in [-0.2, -0.15) is 9.50 Å². The third kappa shape index (κ3) is 2.93. The number of aromatic hydroxyl groups is 1. The van der Waals surface area contributed by atoms with Crippen LogP contribution in [0.15, 0.2) is 24.3 Å². The van der Waals surface area contributed by atoms with E-state index in [1.807, 2.05) is 0 Å². The first-order valence-electron chi connectivity index (χ1n) is 6.59. The van der Waals surface area contributed by atoms with Crippen molar-refractivity contribution in [2.75, 3.05) is 6.61 Å². The van der Waals surface area contributed by atoms with E-state index in [2.05, 4.69) is 15.1 Å². The molecule has 0 fully saturated rings. The summed E-state index contributed by atoms with van der Waals surface area (Å²) in [6.07, 6.45) is 0. The van der Waals surface area contributed by atoms with E-state index in [-0.39, 0.29) is 18.1 Å². The standard InChI is InChI=1S/C14H10Cl2N4O3/c1-2-23-13(21)12-18-11-6-10(17-14(22)20(11)19-12)8-4-3-7(15)5-9(8)16/h3-6H,2H2,1H3,(H,17,22). The van der Waals surface area contributed by atoms with E-state index in [4.69, 9.17) is 27.9 Å². The van der Waals surface area contributed by atoms with Crippen molar-refractivity contribution in [1.29, 1.82) is 0 Å². The second-order valence-corrected chi connectivity index (χ2v) is 5.34. The number of carbonyl (C=O) groups is 1. The number of hydrogen-bond donors (Lipinski definition) is 1. The summed E-state index contributed by atoms with van der Waals surface area (Å²) in [5.41, 5.74) is 1.18. The minimum absolute atomic E-state index is 0.164. The fourth-order valence-electron chi connectivity index (χ4n) is 1.99. The molecule has 0 unspecified atom stereocenters. The van der Waals surface area contributed by atoms with Gasteiger partial charge in [0, 0.05) is 16.7 Å². The summed E-state index contributed by atoms with van der Waals surface area (Å²) >= 11 is 12.0. The van der Waals surface area contributed by atoms with Crippen LogP contribution in [0.5, 0.6) is 6.01 Å². The van der Waals surface area contributed by atoms with E-state index in [1.165, 1.54) is 0 Å². The Morgan fingerprint density at radius 1 is 1.30 bits per heavy atom. The summed E-state index contributed by atoms with van der Waals surface area (Å²) in [5, 5.41) is 14.7. The van der Waals surface area contributed by atoms with Gasteiger partial charge in [0.05, 0.1) is 17.3 Å². The van der Waals surface area contributed by atoms with Gasteiger partial charge in [-0.05, 0) is 25.1 Å². The Bertz CT molecular complexity index is 910. The highest BCUT2D eigenvalue weighted by molar-refractivity contribution is 6.36. The molecule has 23 heavy (non-hydrogen) atoms. The van der Waals surface area contributed by atoms with E-state index in [9.17, 15) is 9.90 Å². The topological polar surface area (TPSA) is 89.6 Å². The molecule has 0 radical (unpaired) electrons. The fraction of sp³-hybridized carbons (Fsp3) is 0.143. The van der Waals surface area contributed by atoms with Crippen molar-refractivity contribution in [3.05, 3.63) is 40.1 Å². The van der Waals surface area contributed by atoms with Crippen LogP contribution in [-0.4, -0.2) is 37.3 Å². The van der Waals surface area contributed by atoms with Gasteiger partial charge in [0.1, 0.15) is 0 Å². The van der Waals surface area contributed by atoms with Crippen molar-refractivity contribution in [2.45, 2.75) is 6.92 Å². The van der Waals surface area contributed by atoms with Crippen LogP contribution in [0.2, 0.25) is 10.0 Å². The van der Waals surface area contributed by atoms with Crippen molar-refractivity contribution < 1.29 is 14.6 Å². The number of ether oxygens (including phenoxy) is 1. The second kappa shape index (κ2) is 6.02. The number of hydrogen-bond acceptors (Lipinski definition) is 6. The normalized spacial score (nSPS) is 10.9. The van der Waals surface area contributed by atoms with Crippen LogP contribution in [0.25, 0.3) is 16.9 Å². The van der Waals surface area contributed by atoms with Crippen LogP contribution in [0, 0.1) is 0 Å². The Labute approximate surface area is 140 Å². The maximum Gasteiger partial charge on any atom is 0.378 e. The molecule has 0 saturated heterocycles. The number of halogens is 2. The van der Waals surface area contributed by atoms with E-state index in [0.29, 0.717) is 21.3 Å². The highest BCUT2D eigenvalue weighted by Gasteiger charge is 2.18. The Balaban J connectivity index is 2.12. The molecule has 1 N–H and O–H groups in total. The zero-order valence-electron chi connectivity index (χ0n) is 11.8. The molecule has 2 heterocycles. The van der Waals surface area contributed by atoms with Gasteiger partial charge in [0.25, 0.3) is 5.82 Å². The van der Waals surface area contributed by atoms with Gasteiger partial charge in [0.15, 0.2) is 5.65 Å². The lowest BCUT2D eigenvalue weighted by molar-refractivity contribution is 0.0512. The molecule has 0 aliphatic carbocycles. The number of benzene rings is 1. The first kappa shape index (κ1) is 15.5. The average Bonchev–Trinajstić information content (AvgIpc) is 2.92. The number of aromatic nitrogens is 4. The average molecular weight is 353 g/mol. The zero-order valence-corrected chi connectivity index (χ0v) is 13.3. The summed E-state index contributed by atoms with van der Waals surface area (Å²) in [6, 6.07) is 6.01. The molecule has 3 rings (SSSR count). The largest absolute Gasteiger partial charge is 0.479 e. The molecule has 0 aliphatic heterocycles. The van der Waals surface area contributed by atoms with E-state index < -0.39 is 12.0 Å². The van der Waals surface area contributed by atoms with Crippen LogP contribution in [0.1, 0.15) is 17.5 Å². The summed E-state index contributed by atoms with van der Waals surface area (Å²) in [5.74, 6) is -0.843. The van der Waals surface area contributed by atoms with Gasteiger partial charge in [-0.25, -0.2) is 9.78 Å². The lowest BCUT2D eigenvalue weighted by atomic mass is 10.1. The molecule has 0 amide bonds. The van der Waals surface area contributed by atoms with Gasteiger partial charge in [0.2, 0.25) is 0 Å². The van der Waals surface area contributed by atoms with Crippen molar-refractivity contribution in [2.24, 2.45) is 0 Å². The highest BCUT2D eigenvalue weighted by Crippen LogP contribution is 2.30. The molecule has 0 bridgehead atoms. The maximum absolute atomic E-state index is 11.7. The predicted octanol–water partition coefficient (Wildman–Crippen LogP) is 2.98. The zero-order chi connectivity index (χ0) is 16.6. The van der Waals surface area contributed by atoms with E-state index in [0.717, 1.165) is 4.52 Å². The minimum atomic E-state index is -0.679. The van der Waals surface area contributed by atoms with Crippen molar-refractivity contribution in [3.8, 4) is 17.3 Å². The van der Waals surface area contributed by atoms with Gasteiger partial charge in [-0.1, -0.05) is 23.2 Å². The maximum atomic E-state index is 11.7. The second-order valence-electron chi connectivity index (χ2n) is 4.49. The lowest BCUT2D eigenvalue weighted by Crippen LogP contribution is -2.07. The quantitative estimate of drug-likeness (QED) is 0.728. The Morgan fingerprint density at radius 3 is 2.78 bits per heavy atom. The summed E-state index contributed by atoms with van der Waals surface area (Å²) < 4.78 is 5.87. The molecule has 118 valence electrons. The SMILES string of the molecule is CCOC(=O)c1nc2cc(-c3ccc(Cl)cc3Cl)nc(O)n2n1. The third-order valence-electron chi connectivity index (χ3n) is 2.97. The van der Waals surface area contributed by atoms with Crippen LogP contribution in [-0.2, 0) is 4.74 Å². The first-order chi connectivity index (χ1) is 11.0. The van der Waals surface area contributed by atoms with Crippen LogP contribution < -0.4 is 0 Å². The molecule has 1 aromatic carbocycles. The smallest absolute Gasteiger partial charge is 0.378 e. The van der Waals surface area contributed by atoms with Gasteiger partial charge in [-0.15, -0.1) is 5.10 Å². The van der Waals surface area contributed by atoms with Gasteiger partial charge < -0.3 is 9.84 Å². The molecule has 0 aliphatic rings. The van der Waals surface area contributed by atoms with Gasteiger partial charge in [-0.3, -0.25) is 0 Å². The van der Waals surface area contributed by atoms with Crippen LogP contribution in [0.4, 0.5) is 0 Å². The molecular weight excluding hydrogens is 343 g/mol. The molecule has 2 aromatic heterocycles. The van der Waals surface area contributed by atoms with Crippen molar-refractivity contribution in [1.82, 2.24) is 19.6 Å². The Hall–Kier alpha value is -2.38. The van der Waals surface area contributed by atoms with E-state index >= 15 is 0 Å². The molecule has 7 nitrogen and oxygen atoms in total. The van der Waals surface area contributed by atoms with Gasteiger partial charge >= 0.3 is 12.0 Å². The number of nitrogens with zero attached hydrogens (tertiary/aromatic N) is 4. The number of carbonyl (C=O) groups excluding carboxylic acids is 1. The van der Waals surface area contributed by atoms with Crippen molar-refractivity contribution in [3.63, 3.8) is 0 Å². The van der Waals surface area contributed by atoms with E-state index in [1.54, 1.807) is 31.2 Å². The highest BCUT2D eigenvalue weighted by atomic mass is 35.5. The molecule has 0 saturated carbocycles. The number of fused-ring (bicyclic) bond motifs is 1. The molecule has 0 atom stereocenters. The summed E-state index contributed by atoms with van der Waals surface area (Å²) in [6.45, 7) is 1.87. The monoisotopic (exact) mass is 352 g/mol. The summed E-state index contributed by atoms with van der Waals surface area (Å²) in [7, 11) is 0. The lowest BCUT2D eigenvalue weighted by Gasteiger charge is -2.05. The minimum Gasteiger partial charge on any atom is -0.479 e. The van der Waals surface area contributed by atoms with Crippen LogP contribution in [0.3, 0.4) is 0 Å². The molecular formula is C14H10Cl2N4O3. The fourth-order valence-corrected chi connectivity index (χ4v) is 2.50. The Morgan fingerprint density at radius 2 is 2.09 bits per heavy atom. The summed E-state index contributed by atoms with van der Waals surface area (Å²) in [4.78, 5) is 19.7. The Kier molecular flexibility index (Phi) is 4.06. The van der Waals surface area contributed by atoms with Crippen molar-refractivity contribution >= 4 is 34.8 Å². The predicted molar refractivity (Wildman–Crippen MR) is 83.9 cm³/mol.